The number of amides is 1. The Labute approximate surface area is 258 Å². The lowest BCUT2D eigenvalue weighted by atomic mass is 10.1. The number of nitrogens with zero attached hydrogens (tertiary/aromatic N) is 6. The minimum Gasteiger partial charge on any atom is -0.494 e. The molecule has 1 aliphatic heterocycles. The monoisotopic (exact) mass is 603 g/mol. The minimum absolute atomic E-state index is 0.00969. The van der Waals surface area contributed by atoms with Crippen LogP contribution in [-0.4, -0.2) is 60.6 Å². The zero-order valence-electron chi connectivity index (χ0n) is 24.7. The van der Waals surface area contributed by atoms with Crippen LogP contribution in [0.1, 0.15) is 36.0 Å². The van der Waals surface area contributed by atoms with Crippen LogP contribution >= 0.6 is 11.3 Å². The van der Waals surface area contributed by atoms with E-state index in [1.807, 2.05) is 29.6 Å². The summed E-state index contributed by atoms with van der Waals surface area (Å²) in [6.45, 7) is 1.62. The number of imidazole rings is 1. The summed E-state index contributed by atoms with van der Waals surface area (Å²) in [5.41, 5.74) is 15.5. The van der Waals surface area contributed by atoms with Crippen molar-refractivity contribution < 1.29 is 9.53 Å². The highest BCUT2D eigenvalue weighted by molar-refractivity contribution is 7.16. The number of pyridine rings is 1. The number of aryl methyl sites for hydroxylation is 1. The van der Waals surface area contributed by atoms with Gasteiger partial charge in [0.2, 0.25) is 0 Å². The molecule has 3 aliphatic rings. The van der Waals surface area contributed by atoms with Crippen molar-refractivity contribution in [3.05, 3.63) is 59.6 Å². The lowest BCUT2D eigenvalue weighted by molar-refractivity contribution is 0.0700. The molecule has 9 nitrogen and oxygen atoms in total. The second kappa shape index (κ2) is 9.61. The fraction of sp³-hybridized carbons (Fsp3) is 0.353. The number of piperidine rings is 1. The van der Waals surface area contributed by atoms with Crippen molar-refractivity contribution in [1.29, 1.82) is 0 Å². The second-order valence-electron chi connectivity index (χ2n) is 12.7. The van der Waals surface area contributed by atoms with E-state index >= 15 is 0 Å². The van der Waals surface area contributed by atoms with E-state index in [-0.39, 0.29) is 18.0 Å². The van der Waals surface area contributed by atoms with E-state index in [1.54, 1.807) is 18.4 Å². The molecule has 2 unspecified atom stereocenters. The molecule has 1 amide bonds. The summed E-state index contributed by atoms with van der Waals surface area (Å²) in [6, 6.07) is 16.8. The summed E-state index contributed by atoms with van der Waals surface area (Å²) in [5, 5.41) is 1.08. The Kier molecular flexibility index (Phi) is 5.71. The van der Waals surface area contributed by atoms with Gasteiger partial charge in [-0.05, 0) is 80.0 Å². The highest BCUT2D eigenvalue weighted by atomic mass is 32.1. The number of aromatic nitrogens is 5. The Hall–Kier alpha value is -4.28. The number of methoxy groups -OCH3 is 1. The van der Waals surface area contributed by atoms with Gasteiger partial charge in [0.15, 0.2) is 5.82 Å². The van der Waals surface area contributed by atoms with Crippen LogP contribution in [0.3, 0.4) is 0 Å². The first-order valence-corrected chi connectivity index (χ1v) is 16.3. The average Bonchev–Trinajstić information content (AvgIpc) is 3.34. The third-order valence-corrected chi connectivity index (χ3v) is 10.9. The predicted molar refractivity (Wildman–Crippen MR) is 173 cm³/mol. The quantitative estimate of drug-likeness (QED) is 0.256. The third kappa shape index (κ3) is 3.93. The SMILES string of the molecule is COc1cc(C(=O)N2CC3CCC2[C@@H]3N)cc2nc(-c3cc4ccc(-c5ccc6scnc6c5)nc4n3CC3CC3)n(C)c12. The van der Waals surface area contributed by atoms with Crippen LogP contribution in [0.2, 0.25) is 0 Å². The summed E-state index contributed by atoms with van der Waals surface area (Å²) in [7, 11) is 3.68. The largest absolute Gasteiger partial charge is 0.494 e. The van der Waals surface area contributed by atoms with Crippen LogP contribution in [0.15, 0.2) is 54.0 Å². The molecule has 6 aromatic rings. The zero-order valence-corrected chi connectivity index (χ0v) is 25.6. The van der Waals surface area contributed by atoms with E-state index < -0.39 is 0 Å². The van der Waals surface area contributed by atoms with Crippen LogP contribution in [0, 0.1) is 11.8 Å². The van der Waals surface area contributed by atoms with Gasteiger partial charge in [0, 0.05) is 48.7 Å². The van der Waals surface area contributed by atoms with E-state index in [9.17, 15) is 4.79 Å². The van der Waals surface area contributed by atoms with Crippen LogP contribution in [0.5, 0.6) is 5.75 Å². The number of hydrogen-bond donors (Lipinski definition) is 1. The zero-order chi connectivity index (χ0) is 29.7. The molecule has 44 heavy (non-hydrogen) atoms. The first-order valence-electron chi connectivity index (χ1n) is 15.4. The molecule has 2 aromatic carbocycles. The number of rotatable bonds is 6. The van der Waals surface area contributed by atoms with Crippen LogP contribution in [0.4, 0.5) is 0 Å². The van der Waals surface area contributed by atoms with Gasteiger partial charge in [0.1, 0.15) is 16.9 Å². The topological polar surface area (TPSA) is 104 Å². The number of nitrogens with two attached hydrogens (primary N) is 1. The maximum Gasteiger partial charge on any atom is 0.254 e. The fourth-order valence-electron chi connectivity index (χ4n) is 7.50. The second-order valence-corrected chi connectivity index (χ2v) is 13.6. The van der Waals surface area contributed by atoms with Crippen molar-refractivity contribution in [2.45, 2.75) is 44.3 Å². The summed E-state index contributed by atoms with van der Waals surface area (Å²) >= 11 is 1.65. The van der Waals surface area contributed by atoms with Gasteiger partial charge in [-0.1, -0.05) is 6.07 Å². The van der Waals surface area contributed by atoms with Crippen molar-refractivity contribution in [3.8, 4) is 28.5 Å². The first-order chi connectivity index (χ1) is 21.5. The van der Waals surface area contributed by atoms with Gasteiger partial charge in [0.25, 0.3) is 5.91 Å². The molecule has 10 heteroatoms. The molecule has 2 bridgehead atoms. The number of hydrogen-bond acceptors (Lipinski definition) is 7. The normalized spacial score (nSPS) is 21.3. The van der Waals surface area contributed by atoms with Gasteiger partial charge in [-0.2, -0.15) is 0 Å². The van der Waals surface area contributed by atoms with Gasteiger partial charge >= 0.3 is 0 Å². The van der Waals surface area contributed by atoms with Gasteiger partial charge in [-0.3, -0.25) is 4.79 Å². The van der Waals surface area contributed by atoms with Gasteiger partial charge in [-0.25, -0.2) is 15.0 Å². The molecule has 0 radical (unpaired) electrons. The molecule has 2 aliphatic carbocycles. The van der Waals surface area contributed by atoms with Crippen molar-refractivity contribution >= 4 is 49.5 Å². The molecule has 0 spiro atoms. The minimum atomic E-state index is 0.00969. The molecule has 4 aromatic heterocycles. The highest BCUT2D eigenvalue weighted by Crippen LogP contribution is 2.40. The lowest BCUT2D eigenvalue weighted by Crippen LogP contribution is -2.41. The van der Waals surface area contributed by atoms with Gasteiger partial charge < -0.3 is 24.5 Å². The van der Waals surface area contributed by atoms with Crippen molar-refractivity contribution in [2.75, 3.05) is 13.7 Å². The van der Waals surface area contributed by atoms with Gasteiger partial charge in [0.05, 0.1) is 39.7 Å². The van der Waals surface area contributed by atoms with Crippen LogP contribution in [0.25, 0.3) is 55.1 Å². The molecule has 222 valence electrons. The molecule has 2 saturated carbocycles. The maximum atomic E-state index is 13.7. The molecule has 9 rings (SSSR count). The number of fused-ring (bicyclic) bond motifs is 5. The summed E-state index contributed by atoms with van der Waals surface area (Å²) in [6.07, 6.45) is 4.53. The maximum absolute atomic E-state index is 13.7. The van der Waals surface area contributed by atoms with Crippen molar-refractivity contribution in [1.82, 2.24) is 29.0 Å². The first kappa shape index (κ1) is 26.2. The number of thiazole rings is 1. The van der Waals surface area contributed by atoms with Crippen molar-refractivity contribution in [3.63, 3.8) is 0 Å². The number of likely N-dealkylation sites (tertiary alicyclic amines) is 1. The molecule has 3 atom stereocenters. The Morgan fingerprint density at radius 3 is 2.70 bits per heavy atom. The molecule has 2 N–H and O–H groups in total. The van der Waals surface area contributed by atoms with E-state index in [0.717, 1.165) is 76.3 Å². The smallest absolute Gasteiger partial charge is 0.254 e. The Morgan fingerprint density at radius 2 is 1.93 bits per heavy atom. The fourth-order valence-corrected chi connectivity index (χ4v) is 8.16. The lowest BCUT2D eigenvalue weighted by Gasteiger charge is -2.27. The number of carbonyl (C=O) groups is 1. The number of benzene rings is 2. The molecule has 3 fully saturated rings. The van der Waals surface area contributed by atoms with E-state index in [2.05, 4.69) is 50.5 Å². The Balaban J connectivity index is 1.16. The van der Waals surface area contributed by atoms with Crippen LogP contribution in [-0.2, 0) is 13.6 Å². The molecule has 5 heterocycles. The summed E-state index contributed by atoms with van der Waals surface area (Å²) in [4.78, 5) is 30.6. The standard InChI is InChI=1S/C34H33N7O2S/c1-39-31-25(12-22(14-28(31)43-2)34(42)41-16-21-6-9-26(41)30(21)35)38-33(39)27-13-20-5-8-23(37-32(20)40(27)15-18-3-4-18)19-7-10-29-24(11-19)36-17-44-29/h5,7-8,10-14,17-18,21,26,30H,3-4,6,9,15-16,35H2,1-2H3/t21?,26?,30-/m1/s1. The molecule has 1 saturated heterocycles. The summed E-state index contributed by atoms with van der Waals surface area (Å²) < 4.78 is 11.5. The van der Waals surface area contributed by atoms with E-state index in [4.69, 9.17) is 20.4 Å². The highest BCUT2D eigenvalue weighted by Gasteiger charge is 2.47. The molecular formula is C34H33N7O2S. The Morgan fingerprint density at radius 1 is 1.05 bits per heavy atom. The van der Waals surface area contributed by atoms with Gasteiger partial charge in [-0.15, -0.1) is 11.3 Å². The predicted octanol–water partition coefficient (Wildman–Crippen LogP) is 5.85. The number of carbonyl (C=O) groups excluding carboxylic acids is 1. The third-order valence-electron chi connectivity index (χ3n) is 10.1. The Bertz CT molecular complexity index is 2120. The van der Waals surface area contributed by atoms with E-state index in [0.29, 0.717) is 23.1 Å². The average molecular weight is 604 g/mol. The molecular weight excluding hydrogens is 570 g/mol. The van der Waals surface area contributed by atoms with E-state index in [1.165, 1.54) is 17.5 Å². The van der Waals surface area contributed by atoms with Crippen molar-refractivity contribution in [2.24, 2.45) is 24.6 Å². The van der Waals surface area contributed by atoms with Crippen LogP contribution < -0.4 is 10.5 Å². The number of ether oxygens (including phenoxy) is 1. The summed E-state index contributed by atoms with van der Waals surface area (Å²) in [5.74, 6) is 2.51.